The van der Waals surface area contributed by atoms with E-state index in [0.717, 1.165) is 19.0 Å². The number of allylic oxidation sites excluding steroid dienone is 2. The molecule has 1 aliphatic heterocycles. The van der Waals surface area contributed by atoms with Crippen LogP contribution in [0.15, 0.2) is 29.8 Å². The highest BCUT2D eigenvalue weighted by molar-refractivity contribution is 6.32. The third-order valence-electron chi connectivity index (χ3n) is 3.65. The van der Waals surface area contributed by atoms with E-state index in [0.29, 0.717) is 0 Å². The summed E-state index contributed by atoms with van der Waals surface area (Å²) >= 11 is 0. The molecule has 0 spiro atoms. The molecule has 0 unspecified atom stereocenters. The first-order chi connectivity index (χ1) is 8.18. The van der Waals surface area contributed by atoms with Crippen molar-refractivity contribution in [2.45, 2.75) is 26.7 Å². The second-order valence-electron chi connectivity index (χ2n) is 5.30. The van der Waals surface area contributed by atoms with Gasteiger partial charge in [0.25, 0.3) is 0 Å². The fourth-order valence-corrected chi connectivity index (χ4v) is 2.78. The largest absolute Gasteiger partial charge is 0.317 e. The van der Waals surface area contributed by atoms with E-state index < -0.39 is 0 Å². The maximum atomic E-state index is 3.45. The molecule has 90 valence electrons. The summed E-state index contributed by atoms with van der Waals surface area (Å²) in [7, 11) is 2.15. The summed E-state index contributed by atoms with van der Waals surface area (Å²) in [4.78, 5) is 0. The predicted octanol–water partition coefficient (Wildman–Crippen LogP) is 1.74. The number of hydrogen-bond acceptors (Lipinski definition) is 1. The lowest BCUT2D eigenvalue weighted by Crippen LogP contribution is -2.28. The molecule has 1 fully saturated rings. The average molecular weight is 227 g/mol. The Labute approximate surface area is 106 Å². The highest BCUT2D eigenvalue weighted by atomic mass is 14.9. The minimum atomic E-state index is 0.740. The van der Waals surface area contributed by atoms with Gasteiger partial charge < -0.3 is 5.32 Å². The van der Waals surface area contributed by atoms with Crippen molar-refractivity contribution in [1.82, 2.24) is 5.32 Å². The molecule has 0 aromatic heterocycles. The van der Waals surface area contributed by atoms with E-state index in [2.05, 4.69) is 51.3 Å². The molecule has 0 aliphatic carbocycles. The van der Waals surface area contributed by atoms with Crippen LogP contribution in [-0.4, -0.2) is 20.9 Å². The zero-order chi connectivity index (χ0) is 12.3. The number of nitrogens with one attached hydrogen (secondary N) is 1. The normalized spacial score (nSPS) is 16.8. The molecule has 0 amide bonds. The smallest absolute Gasteiger partial charge is 0.139 e. The quantitative estimate of drug-likeness (QED) is 0.759. The molecule has 17 heavy (non-hydrogen) atoms. The van der Waals surface area contributed by atoms with E-state index in [9.17, 15) is 0 Å². The Balaban J connectivity index is 2.29. The lowest BCUT2D eigenvalue weighted by atomic mass is 9.82. The van der Waals surface area contributed by atoms with Crippen LogP contribution in [0, 0.1) is 5.92 Å². The number of rotatable bonds is 2. The van der Waals surface area contributed by atoms with Crippen molar-refractivity contribution in [3.63, 3.8) is 0 Å². The Bertz CT molecular complexity index is 395. The summed E-state index contributed by atoms with van der Waals surface area (Å²) in [6.07, 6.45) is 2.54. The summed E-state index contributed by atoms with van der Waals surface area (Å²) in [5, 5.41) is 3.45. The van der Waals surface area contributed by atoms with E-state index in [1.807, 2.05) is 0 Å². The van der Waals surface area contributed by atoms with Crippen LogP contribution in [0.3, 0.4) is 0 Å². The van der Waals surface area contributed by atoms with Gasteiger partial charge in [0.2, 0.25) is 0 Å². The molecule has 2 heteroatoms. The second kappa shape index (κ2) is 5.55. The standard InChI is InChI=1S/C15H22BN/c1-11(2)15(13-7-9-17-10-8-13)12-3-5-14(16)6-4-12/h3-6,13,17H,7-10,16H2,1-2H3. The Morgan fingerprint density at radius 2 is 1.71 bits per heavy atom. The van der Waals surface area contributed by atoms with Crippen LogP contribution < -0.4 is 10.8 Å². The predicted molar refractivity (Wildman–Crippen MR) is 78.5 cm³/mol. The first-order valence-electron chi connectivity index (χ1n) is 6.63. The summed E-state index contributed by atoms with van der Waals surface area (Å²) in [6.45, 7) is 6.81. The lowest BCUT2D eigenvalue weighted by molar-refractivity contribution is 0.445. The van der Waals surface area contributed by atoms with Gasteiger partial charge in [-0.15, -0.1) is 0 Å². The van der Waals surface area contributed by atoms with Crippen molar-refractivity contribution < 1.29 is 0 Å². The van der Waals surface area contributed by atoms with Crippen molar-refractivity contribution >= 4 is 18.9 Å². The van der Waals surface area contributed by atoms with Crippen molar-refractivity contribution in [1.29, 1.82) is 0 Å². The molecule has 1 heterocycles. The highest BCUT2D eigenvalue weighted by Crippen LogP contribution is 2.32. The van der Waals surface area contributed by atoms with E-state index in [1.165, 1.54) is 29.4 Å². The fraction of sp³-hybridized carbons (Fsp3) is 0.467. The molecule has 0 saturated carbocycles. The van der Waals surface area contributed by atoms with Gasteiger partial charge in [-0.1, -0.05) is 35.3 Å². The van der Waals surface area contributed by atoms with Crippen LogP contribution in [0.2, 0.25) is 0 Å². The van der Waals surface area contributed by atoms with Crippen molar-refractivity contribution in [3.8, 4) is 0 Å². The van der Waals surface area contributed by atoms with Crippen LogP contribution in [-0.2, 0) is 0 Å². The Morgan fingerprint density at radius 1 is 1.12 bits per heavy atom. The zero-order valence-corrected chi connectivity index (χ0v) is 11.2. The molecule has 1 aromatic carbocycles. The first-order valence-corrected chi connectivity index (χ1v) is 6.63. The molecule has 1 aromatic rings. The van der Waals surface area contributed by atoms with Gasteiger partial charge in [0.05, 0.1) is 0 Å². The van der Waals surface area contributed by atoms with E-state index in [-0.39, 0.29) is 0 Å². The Kier molecular flexibility index (Phi) is 4.06. The molecule has 1 aliphatic rings. The van der Waals surface area contributed by atoms with Gasteiger partial charge in [-0.3, -0.25) is 0 Å². The Hall–Kier alpha value is -1.02. The van der Waals surface area contributed by atoms with Gasteiger partial charge >= 0.3 is 0 Å². The maximum Gasteiger partial charge on any atom is 0.139 e. The summed E-state index contributed by atoms with van der Waals surface area (Å²) in [5.41, 5.74) is 5.81. The van der Waals surface area contributed by atoms with Gasteiger partial charge in [0.15, 0.2) is 0 Å². The van der Waals surface area contributed by atoms with Crippen LogP contribution in [0.4, 0.5) is 0 Å². The molecule has 2 rings (SSSR count). The Morgan fingerprint density at radius 3 is 2.24 bits per heavy atom. The van der Waals surface area contributed by atoms with Crippen molar-refractivity contribution in [3.05, 3.63) is 35.4 Å². The van der Waals surface area contributed by atoms with Crippen molar-refractivity contribution in [2.24, 2.45) is 5.92 Å². The molecular formula is C15H22BN. The monoisotopic (exact) mass is 227 g/mol. The SMILES string of the molecule is Bc1ccc(C(=C(C)C)C2CCNCC2)cc1. The third kappa shape index (κ3) is 3.01. The summed E-state index contributed by atoms with van der Waals surface area (Å²) < 4.78 is 0. The molecule has 1 N–H and O–H groups in total. The van der Waals surface area contributed by atoms with Gasteiger partial charge in [-0.2, -0.15) is 0 Å². The molecule has 0 bridgehead atoms. The zero-order valence-electron chi connectivity index (χ0n) is 11.2. The molecule has 1 saturated heterocycles. The van der Waals surface area contributed by atoms with E-state index in [1.54, 1.807) is 5.57 Å². The van der Waals surface area contributed by atoms with Crippen LogP contribution in [0.1, 0.15) is 32.3 Å². The summed E-state index contributed by atoms with van der Waals surface area (Å²) in [6, 6.07) is 9.00. The molecule has 0 radical (unpaired) electrons. The third-order valence-corrected chi connectivity index (χ3v) is 3.65. The molecule has 0 atom stereocenters. The second-order valence-corrected chi connectivity index (χ2v) is 5.30. The van der Waals surface area contributed by atoms with Gasteiger partial charge in [-0.25, -0.2) is 0 Å². The minimum Gasteiger partial charge on any atom is -0.317 e. The first kappa shape index (κ1) is 12.4. The topological polar surface area (TPSA) is 12.0 Å². The lowest BCUT2D eigenvalue weighted by Gasteiger charge is -2.27. The van der Waals surface area contributed by atoms with Crippen LogP contribution in [0.5, 0.6) is 0 Å². The van der Waals surface area contributed by atoms with Gasteiger partial charge in [0, 0.05) is 0 Å². The van der Waals surface area contributed by atoms with Gasteiger partial charge in [0.1, 0.15) is 7.85 Å². The molecular weight excluding hydrogens is 205 g/mol. The van der Waals surface area contributed by atoms with Crippen LogP contribution >= 0.6 is 0 Å². The van der Waals surface area contributed by atoms with Crippen LogP contribution in [0.25, 0.3) is 5.57 Å². The number of hydrogen-bond donors (Lipinski definition) is 1. The highest BCUT2D eigenvalue weighted by Gasteiger charge is 2.19. The minimum absolute atomic E-state index is 0.740. The fourth-order valence-electron chi connectivity index (χ4n) is 2.78. The summed E-state index contributed by atoms with van der Waals surface area (Å²) in [5.74, 6) is 0.740. The number of piperidine rings is 1. The van der Waals surface area contributed by atoms with Crippen molar-refractivity contribution in [2.75, 3.05) is 13.1 Å². The average Bonchev–Trinajstić information content (AvgIpc) is 2.33. The maximum absolute atomic E-state index is 3.45. The van der Waals surface area contributed by atoms with Gasteiger partial charge in [-0.05, 0) is 56.8 Å². The van der Waals surface area contributed by atoms with E-state index >= 15 is 0 Å². The number of benzene rings is 1. The van der Waals surface area contributed by atoms with E-state index in [4.69, 9.17) is 0 Å². The molecule has 1 nitrogen and oxygen atoms in total.